The SMILES string of the molecule is CC.CC1CCCN1C(=O)c1nc(C(=O)NCCO)sc1-c1cnc(NCC(F)(F)F)cc1C(F)F. The third-order valence-corrected chi connectivity index (χ3v) is 6.21. The van der Waals surface area contributed by atoms with Crippen LogP contribution in [0.5, 0.6) is 0 Å². The minimum absolute atomic E-state index is 0.0385. The summed E-state index contributed by atoms with van der Waals surface area (Å²) in [5.74, 6) is -1.66. The van der Waals surface area contributed by atoms with Crippen LogP contribution in [0.3, 0.4) is 0 Å². The van der Waals surface area contributed by atoms with Gasteiger partial charge in [0, 0.05) is 36.5 Å². The number of halogens is 5. The number of rotatable bonds is 8. The molecule has 0 spiro atoms. The van der Waals surface area contributed by atoms with Gasteiger partial charge in [0.2, 0.25) is 0 Å². The molecule has 8 nitrogen and oxygen atoms in total. The number of likely N-dealkylation sites (tertiary alicyclic amines) is 1. The van der Waals surface area contributed by atoms with Gasteiger partial charge in [-0.2, -0.15) is 13.2 Å². The number of hydrogen-bond donors (Lipinski definition) is 3. The number of carbonyl (C=O) groups excluding carboxylic acids is 2. The largest absolute Gasteiger partial charge is 0.405 e. The van der Waals surface area contributed by atoms with Crippen LogP contribution in [-0.4, -0.2) is 70.2 Å². The Labute approximate surface area is 208 Å². The van der Waals surface area contributed by atoms with Crippen LogP contribution >= 0.6 is 11.3 Å². The highest BCUT2D eigenvalue weighted by atomic mass is 32.1. The molecule has 2 aromatic rings. The zero-order valence-electron chi connectivity index (χ0n) is 20.0. The Morgan fingerprint density at radius 2 is 2.00 bits per heavy atom. The Bertz CT molecular complexity index is 1050. The zero-order valence-corrected chi connectivity index (χ0v) is 20.8. The van der Waals surface area contributed by atoms with Crippen molar-refractivity contribution in [3.8, 4) is 10.4 Å². The lowest BCUT2D eigenvalue weighted by Gasteiger charge is -2.21. The van der Waals surface area contributed by atoms with Crippen molar-refractivity contribution < 1.29 is 36.6 Å². The summed E-state index contributed by atoms with van der Waals surface area (Å²) in [6.07, 6.45) is -5.25. The van der Waals surface area contributed by atoms with Gasteiger partial charge in [0.25, 0.3) is 18.2 Å². The third-order valence-electron chi connectivity index (χ3n) is 5.12. The molecule has 1 unspecified atom stereocenters. The predicted molar refractivity (Wildman–Crippen MR) is 125 cm³/mol. The zero-order chi connectivity index (χ0) is 27.0. The maximum Gasteiger partial charge on any atom is 0.405 e. The lowest BCUT2D eigenvalue weighted by atomic mass is 10.1. The molecule has 1 aliphatic heterocycles. The average Bonchev–Trinajstić information content (AvgIpc) is 3.48. The van der Waals surface area contributed by atoms with Gasteiger partial charge >= 0.3 is 6.18 Å². The Morgan fingerprint density at radius 1 is 1.31 bits per heavy atom. The molecule has 3 heterocycles. The maximum atomic E-state index is 13.9. The molecular formula is C22H28F5N5O3S. The molecule has 0 aromatic carbocycles. The highest BCUT2D eigenvalue weighted by molar-refractivity contribution is 7.17. The van der Waals surface area contributed by atoms with E-state index in [0.717, 1.165) is 25.1 Å². The number of anilines is 1. The fourth-order valence-corrected chi connectivity index (χ4v) is 4.49. The summed E-state index contributed by atoms with van der Waals surface area (Å²) in [6.45, 7) is 4.38. The number of thiazole rings is 1. The molecule has 3 N–H and O–H groups in total. The average molecular weight is 538 g/mol. The highest BCUT2D eigenvalue weighted by Crippen LogP contribution is 2.38. The summed E-state index contributed by atoms with van der Waals surface area (Å²) in [7, 11) is 0. The first-order chi connectivity index (χ1) is 17.0. The molecule has 0 aliphatic carbocycles. The first-order valence-corrected chi connectivity index (χ1v) is 12.1. The van der Waals surface area contributed by atoms with Crippen molar-refractivity contribution >= 4 is 29.0 Å². The van der Waals surface area contributed by atoms with Gasteiger partial charge in [-0.15, -0.1) is 11.3 Å². The molecule has 0 bridgehead atoms. The molecule has 14 heteroatoms. The van der Waals surface area contributed by atoms with E-state index in [1.165, 1.54) is 4.90 Å². The molecule has 0 radical (unpaired) electrons. The van der Waals surface area contributed by atoms with Gasteiger partial charge in [-0.3, -0.25) is 9.59 Å². The molecule has 1 aliphatic rings. The standard InChI is InChI=1S/C20H22F5N5O3S.C2H6/c1-10-3-2-5-30(10)19(33)14-15(34-18(29-14)17(32)26-4-6-31)12-8-27-13(7-11(12)16(21)22)28-9-20(23,24)25;1-2/h7-8,10,16,31H,2-6,9H2,1H3,(H,26,32)(H,27,28);1-2H3. The Morgan fingerprint density at radius 3 is 2.56 bits per heavy atom. The van der Waals surface area contributed by atoms with Gasteiger partial charge in [0.15, 0.2) is 5.01 Å². The van der Waals surface area contributed by atoms with Gasteiger partial charge in [-0.25, -0.2) is 18.7 Å². The van der Waals surface area contributed by atoms with Crippen LogP contribution in [0, 0.1) is 0 Å². The molecule has 2 aromatic heterocycles. The Kier molecular flexibility index (Phi) is 10.5. The lowest BCUT2D eigenvalue weighted by Crippen LogP contribution is -2.34. The number of hydrogen-bond acceptors (Lipinski definition) is 7. The number of pyridine rings is 1. The van der Waals surface area contributed by atoms with Crippen LogP contribution in [-0.2, 0) is 0 Å². The van der Waals surface area contributed by atoms with Crippen molar-refractivity contribution in [1.29, 1.82) is 0 Å². The van der Waals surface area contributed by atoms with Crippen molar-refractivity contribution in [2.45, 2.75) is 52.3 Å². The van der Waals surface area contributed by atoms with E-state index in [2.05, 4.69) is 15.3 Å². The minimum atomic E-state index is -4.58. The van der Waals surface area contributed by atoms with E-state index in [0.29, 0.717) is 17.9 Å². The fraction of sp³-hybridized carbons (Fsp3) is 0.545. The Hall–Kier alpha value is -2.87. The maximum absolute atomic E-state index is 13.9. The number of carbonyl (C=O) groups is 2. The van der Waals surface area contributed by atoms with E-state index >= 15 is 0 Å². The highest BCUT2D eigenvalue weighted by Gasteiger charge is 2.33. The summed E-state index contributed by atoms with van der Waals surface area (Å²) in [6, 6.07) is 0.666. The molecule has 2 amide bonds. The lowest BCUT2D eigenvalue weighted by molar-refractivity contribution is -0.115. The number of amides is 2. The molecule has 1 fully saturated rings. The second-order valence-electron chi connectivity index (χ2n) is 7.59. The second-order valence-corrected chi connectivity index (χ2v) is 8.59. The molecule has 0 saturated carbocycles. The van der Waals surface area contributed by atoms with E-state index in [1.807, 2.05) is 26.1 Å². The van der Waals surface area contributed by atoms with E-state index in [9.17, 15) is 31.5 Å². The molecule has 1 atom stereocenters. The van der Waals surface area contributed by atoms with Crippen molar-refractivity contribution in [2.75, 3.05) is 31.6 Å². The van der Waals surface area contributed by atoms with Crippen molar-refractivity contribution in [3.05, 3.63) is 28.5 Å². The summed E-state index contributed by atoms with van der Waals surface area (Å²) in [4.78, 5) is 35.0. The summed E-state index contributed by atoms with van der Waals surface area (Å²) >= 11 is 0.689. The molecular weight excluding hydrogens is 509 g/mol. The predicted octanol–water partition coefficient (Wildman–Crippen LogP) is 4.49. The third kappa shape index (κ3) is 7.32. The van der Waals surface area contributed by atoms with Crippen LogP contribution in [0.2, 0.25) is 0 Å². The van der Waals surface area contributed by atoms with Crippen LogP contribution in [0.25, 0.3) is 10.4 Å². The van der Waals surface area contributed by atoms with E-state index in [-0.39, 0.29) is 40.3 Å². The summed E-state index contributed by atoms with van der Waals surface area (Å²) < 4.78 is 65.3. The van der Waals surface area contributed by atoms with E-state index in [4.69, 9.17) is 5.11 Å². The van der Waals surface area contributed by atoms with Gasteiger partial charge in [0.05, 0.1) is 11.5 Å². The van der Waals surface area contributed by atoms with Gasteiger partial charge in [0.1, 0.15) is 18.1 Å². The minimum Gasteiger partial charge on any atom is -0.395 e. The first-order valence-electron chi connectivity index (χ1n) is 11.3. The van der Waals surface area contributed by atoms with Crippen molar-refractivity contribution in [3.63, 3.8) is 0 Å². The van der Waals surface area contributed by atoms with Crippen LogP contribution < -0.4 is 10.6 Å². The second kappa shape index (κ2) is 12.9. The normalized spacial score (nSPS) is 15.5. The van der Waals surface area contributed by atoms with Crippen molar-refractivity contribution in [2.24, 2.45) is 0 Å². The number of aliphatic hydroxyl groups excluding tert-OH is 1. The summed E-state index contributed by atoms with van der Waals surface area (Å²) in [5, 5.41) is 13.1. The molecule has 200 valence electrons. The van der Waals surface area contributed by atoms with Crippen LogP contribution in [0.1, 0.15) is 65.9 Å². The van der Waals surface area contributed by atoms with Gasteiger partial charge < -0.3 is 20.6 Å². The van der Waals surface area contributed by atoms with E-state index in [1.54, 1.807) is 0 Å². The van der Waals surface area contributed by atoms with Gasteiger partial charge in [-0.05, 0) is 25.8 Å². The fourth-order valence-electron chi connectivity index (χ4n) is 3.49. The number of aliphatic hydroxyl groups is 1. The Balaban J connectivity index is 0.00000222. The van der Waals surface area contributed by atoms with Crippen LogP contribution in [0.4, 0.5) is 27.8 Å². The van der Waals surface area contributed by atoms with Gasteiger partial charge in [-0.1, -0.05) is 13.8 Å². The smallest absolute Gasteiger partial charge is 0.395 e. The number of nitrogens with zero attached hydrogens (tertiary/aromatic N) is 3. The topological polar surface area (TPSA) is 107 Å². The monoisotopic (exact) mass is 537 g/mol. The van der Waals surface area contributed by atoms with Crippen LogP contribution in [0.15, 0.2) is 12.3 Å². The summed E-state index contributed by atoms with van der Waals surface area (Å²) in [5.41, 5.74) is -1.08. The quantitative estimate of drug-likeness (QED) is 0.429. The van der Waals surface area contributed by atoms with E-state index < -0.39 is 42.3 Å². The number of aromatic nitrogens is 2. The first kappa shape index (κ1) is 29.4. The van der Waals surface area contributed by atoms with Crippen molar-refractivity contribution in [1.82, 2.24) is 20.2 Å². The molecule has 36 heavy (non-hydrogen) atoms. The molecule has 3 rings (SSSR count). The number of alkyl halides is 5. The number of nitrogens with one attached hydrogen (secondary N) is 2. The molecule has 1 saturated heterocycles.